The number of ether oxygens (including phenoxy) is 1. The molecular formula is C11H7ClF2N2O. The van der Waals surface area contributed by atoms with Gasteiger partial charge >= 0.3 is 0 Å². The van der Waals surface area contributed by atoms with Gasteiger partial charge in [-0.05, 0) is 18.2 Å². The Hall–Kier alpha value is -1.75. The highest BCUT2D eigenvalue weighted by molar-refractivity contribution is 6.29. The average Bonchev–Trinajstić information content (AvgIpc) is 2.30. The molecule has 0 aliphatic rings. The van der Waals surface area contributed by atoms with Gasteiger partial charge < -0.3 is 4.74 Å². The third-order valence-corrected chi connectivity index (χ3v) is 2.15. The molecular weight excluding hydrogens is 250 g/mol. The van der Waals surface area contributed by atoms with Crippen molar-refractivity contribution in [2.45, 2.75) is 6.61 Å². The first-order valence-electron chi connectivity index (χ1n) is 4.69. The van der Waals surface area contributed by atoms with E-state index in [-0.39, 0.29) is 23.2 Å². The minimum Gasteiger partial charge on any atom is -0.472 e. The van der Waals surface area contributed by atoms with Crippen LogP contribution in [0.25, 0.3) is 0 Å². The molecule has 0 aliphatic heterocycles. The molecule has 0 saturated carbocycles. The lowest BCUT2D eigenvalue weighted by Crippen LogP contribution is -2.01. The van der Waals surface area contributed by atoms with Gasteiger partial charge in [0.2, 0.25) is 5.88 Å². The predicted octanol–water partition coefficient (Wildman–Crippen LogP) is 2.99. The van der Waals surface area contributed by atoms with Gasteiger partial charge in [-0.15, -0.1) is 0 Å². The van der Waals surface area contributed by atoms with Gasteiger partial charge in [0, 0.05) is 5.56 Å². The summed E-state index contributed by atoms with van der Waals surface area (Å²) >= 11 is 5.60. The van der Waals surface area contributed by atoms with Crippen molar-refractivity contribution in [1.82, 2.24) is 9.97 Å². The Balaban J connectivity index is 2.09. The predicted molar refractivity (Wildman–Crippen MR) is 57.7 cm³/mol. The van der Waals surface area contributed by atoms with E-state index in [2.05, 4.69) is 9.97 Å². The maximum Gasteiger partial charge on any atom is 0.234 e. The molecule has 0 saturated heterocycles. The average molecular weight is 257 g/mol. The first-order valence-corrected chi connectivity index (χ1v) is 5.07. The summed E-state index contributed by atoms with van der Waals surface area (Å²) in [5.41, 5.74) is 0.103. The lowest BCUT2D eigenvalue weighted by Gasteiger charge is -2.06. The van der Waals surface area contributed by atoms with Crippen LogP contribution in [-0.2, 0) is 6.61 Å². The van der Waals surface area contributed by atoms with E-state index >= 15 is 0 Å². The van der Waals surface area contributed by atoms with E-state index in [4.69, 9.17) is 16.3 Å². The van der Waals surface area contributed by atoms with Crippen molar-refractivity contribution < 1.29 is 13.5 Å². The summed E-state index contributed by atoms with van der Waals surface area (Å²) in [7, 11) is 0. The Morgan fingerprint density at radius 3 is 2.82 bits per heavy atom. The fourth-order valence-electron chi connectivity index (χ4n) is 1.20. The number of nitrogens with zero attached hydrogens (tertiary/aromatic N) is 2. The molecule has 2 rings (SSSR count). The Kier molecular flexibility index (Phi) is 3.49. The summed E-state index contributed by atoms with van der Waals surface area (Å²) in [5, 5.41) is 0.169. The van der Waals surface area contributed by atoms with Crippen LogP contribution >= 0.6 is 11.6 Å². The van der Waals surface area contributed by atoms with Crippen molar-refractivity contribution in [3.63, 3.8) is 0 Å². The van der Waals surface area contributed by atoms with Gasteiger partial charge in [-0.25, -0.2) is 8.78 Å². The van der Waals surface area contributed by atoms with Crippen molar-refractivity contribution in [3.8, 4) is 5.88 Å². The van der Waals surface area contributed by atoms with Crippen LogP contribution in [0.4, 0.5) is 8.78 Å². The zero-order valence-electron chi connectivity index (χ0n) is 8.53. The molecule has 3 nitrogen and oxygen atoms in total. The van der Waals surface area contributed by atoms with Gasteiger partial charge in [0.05, 0.1) is 12.4 Å². The van der Waals surface area contributed by atoms with Crippen LogP contribution < -0.4 is 4.74 Å². The maximum atomic E-state index is 13.2. The number of hydrogen-bond acceptors (Lipinski definition) is 3. The third kappa shape index (κ3) is 3.10. The second kappa shape index (κ2) is 5.05. The summed E-state index contributed by atoms with van der Waals surface area (Å²) in [5.74, 6) is -0.912. The summed E-state index contributed by atoms with van der Waals surface area (Å²) in [6.45, 7) is -0.140. The fourth-order valence-corrected chi connectivity index (χ4v) is 1.34. The second-order valence-corrected chi connectivity index (χ2v) is 3.59. The molecule has 1 aromatic heterocycles. The summed E-state index contributed by atoms with van der Waals surface area (Å²) in [6.07, 6.45) is 2.68. The molecule has 0 fully saturated rings. The number of aromatic nitrogens is 2. The van der Waals surface area contributed by atoms with Crippen LogP contribution in [0.1, 0.15) is 5.56 Å². The minimum atomic E-state index is -0.540. The zero-order chi connectivity index (χ0) is 12.3. The van der Waals surface area contributed by atoms with E-state index in [0.717, 1.165) is 18.2 Å². The molecule has 88 valence electrons. The molecule has 2 aromatic rings. The smallest absolute Gasteiger partial charge is 0.234 e. The van der Waals surface area contributed by atoms with Crippen LogP contribution in [-0.4, -0.2) is 9.97 Å². The van der Waals surface area contributed by atoms with Crippen LogP contribution in [0.15, 0.2) is 30.6 Å². The number of halogens is 3. The van der Waals surface area contributed by atoms with Crippen LogP contribution in [0.2, 0.25) is 5.15 Å². The van der Waals surface area contributed by atoms with Gasteiger partial charge in [-0.3, -0.25) is 4.98 Å². The molecule has 0 unspecified atom stereocenters. The highest BCUT2D eigenvalue weighted by Gasteiger charge is 2.05. The molecule has 17 heavy (non-hydrogen) atoms. The largest absolute Gasteiger partial charge is 0.472 e. The molecule has 0 bridgehead atoms. The molecule has 1 heterocycles. The SMILES string of the molecule is Fc1ccc(F)c(COc2cncc(Cl)n2)c1. The van der Waals surface area contributed by atoms with Gasteiger partial charge in [0.25, 0.3) is 0 Å². The lowest BCUT2D eigenvalue weighted by atomic mass is 10.2. The first-order chi connectivity index (χ1) is 8.15. The van der Waals surface area contributed by atoms with E-state index in [0.29, 0.717) is 0 Å². The molecule has 0 amide bonds. The molecule has 0 radical (unpaired) electrons. The van der Waals surface area contributed by atoms with Crippen molar-refractivity contribution in [2.75, 3.05) is 0 Å². The monoisotopic (exact) mass is 256 g/mol. The van der Waals surface area contributed by atoms with Crippen LogP contribution in [0.3, 0.4) is 0 Å². The zero-order valence-corrected chi connectivity index (χ0v) is 9.29. The molecule has 1 aromatic carbocycles. The van der Waals surface area contributed by atoms with Gasteiger partial charge in [0.15, 0.2) is 5.15 Å². The topological polar surface area (TPSA) is 35.0 Å². The Morgan fingerprint density at radius 1 is 1.24 bits per heavy atom. The van der Waals surface area contributed by atoms with Gasteiger partial charge in [0.1, 0.15) is 18.2 Å². The Labute approximate surface area is 101 Å². The third-order valence-electron chi connectivity index (χ3n) is 1.97. The maximum absolute atomic E-state index is 13.2. The highest BCUT2D eigenvalue weighted by atomic mass is 35.5. The lowest BCUT2D eigenvalue weighted by molar-refractivity contribution is 0.286. The molecule has 0 N–H and O–H groups in total. The van der Waals surface area contributed by atoms with E-state index in [9.17, 15) is 8.78 Å². The molecule has 0 atom stereocenters. The van der Waals surface area contributed by atoms with Gasteiger partial charge in [-0.2, -0.15) is 4.98 Å². The minimum absolute atomic E-state index is 0.103. The normalized spacial score (nSPS) is 10.3. The summed E-state index contributed by atoms with van der Waals surface area (Å²) in [4.78, 5) is 7.55. The van der Waals surface area contributed by atoms with E-state index in [1.54, 1.807) is 0 Å². The number of rotatable bonds is 3. The standard InChI is InChI=1S/C11H7ClF2N2O/c12-10-4-15-5-11(16-10)17-6-7-3-8(13)1-2-9(7)14/h1-5H,6H2. The molecule has 0 aliphatic carbocycles. The van der Waals surface area contributed by atoms with Crippen molar-refractivity contribution >= 4 is 11.6 Å². The van der Waals surface area contributed by atoms with Crippen LogP contribution in [0.5, 0.6) is 5.88 Å². The second-order valence-electron chi connectivity index (χ2n) is 3.20. The molecule has 0 spiro atoms. The quantitative estimate of drug-likeness (QED) is 0.847. The van der Waals surface area contributed by atoms with Crippen LogP contribution in [0, 0.1) is 11.6 Å². The van der Waals surface area contributed by atoms with Crippen molar-refractivity contribution in [2.24, 2.45) is 0 Å². The fraction of sp³-hybridized carbons (Fsp3) is 0.0909. The van der Waals surface area contributed by atoms with Gasteiger partial charge in [-0.1, -0.05) is 11.6 Å². The Morgan fingerprint density at radius 2 is 2.06 bits per heavy atom. The van der Waals surface area contributed by atoms with E-state index in [1.165, 1.54) is 12.4 Å². The first kappa shape index (κ1) is 11.7. The number of benzene rings is 1. The van der Waals surface area contributed by atoms with Crippen molar-refractivity contribution in [3.05, 3.63) is 52.9 Å². The Bertz CT molecular complexity index is 537. The molecule has 6 heteroatoms. The van der Waals surface area contributed by atoms with E-state index < -0.39 is 11.6 Å². The number of hydrogen-bond donors (Lipinski definition) is 0. The van der Waals surface area contributed by atoms with Crippen molar-refractivity contribution in [1.29, 1.82) is 0 Å². The summed E-state index contributed by atoms with van der Waals surface area (Å²) < 4.78 is 31.3. The highest BCUT2D eigenvalue weighted by Crippen LogP contribution is 2.14. The van der Waals surface area contributed by atoms with E-state index in [1.807, 2.05) is 0 Å². The summed E-state index contributed by atoms with van der Waals surface area (Å²) in [6, 6.07) is 3.14.